The van der Waals surface area contributed by atoms with Crippen LogP contribution in [0.25, 0.3) is 0 Å². The molecule has 5 heteroatoms. The number of carboxylic acid groups (broad SMARTS) is 1. The number of rotatable bonds is 13. The van der Waals surface area contributed by atoms with E-state index in [1.54, 1.807) is 0 Å². The molecule has 3 rings (SSSR count). The lowest BCUT2D eigenvalue weighted by molar-refractivity contribution is -0.137. The predicted octanol–water partition coefficient (Wildman–Crippen LogP) is 6.67. The fraction of sp³-hybridized carbons (Fsp3) is 0.536. The number of hydrogen-bond donors (Lipinski definition) is 1. The van der Waals surface area contributed by atoms with Crippen molar-refractivity contribution < 1.29 is 14.6 Å². The molecule has 2 aromatic carbocycles. The molecule has 1 unspecified atom stereocenters. The van der Waals surface area contributed by atoms with Gasteiger partial charge in [0.15, 0.2) is 0 Å². The highest BCUT2D eigenvalue weighted by atomic mass is 35.5. The van der Waals surface area contributed by atoms with Gasteiger partial charge in [-0.3, -0.25) is 4.79 Å². The zero-order chi connectivity index (χ0) is 22.6. The Morgan fingerprint density at radius 3 is 2.27 bits per heavy atom. The fourth-order valence-corrected chi connectivity index (χ4v) is 4.47. The summed E-state index contributed by atoms with van der Waals surface area (Å²) in [5, 5.41) is 8.75. The molecule has 0 saturated carbocycles. The molecule has 0 aliphatic carbocycles. The molecule has 0 radical (unpaired) electrons. The average Bonchev–Trinajstić information content (AvgIpc) is 2.82. The number of carboxylic acids is 1. The second kappa shape index (κ2) is 15.1. The second-order valence-electron chi connectivity index (χ2n) is 9.02. The summed E-state index contributed by atoms with van der Waals surface area (Å²) in [5.41, 5.74) is 3.85. The largest absolute Gasteiger partial charge is 0.481 e. The Hall–Kier alpha value is -1.88. The monoisotopic (exact) mass is 473 g/mol. The molecule has 1 saturated heterocycles. The van der Waals surface area contributed by atoms with Crippen LogP contribution in [0, 0.1) is 0 Å². The maximum Gasteiger partial charge on any atom is 0.303 e. The summed E-state index contributed by atoms with van der Waals surface area (Å²) in [5.74, 6) is -0.688. The van der Waals surface area contributed by atoms with E-state index in [4.69, 9.17) is 9.84 Å². The number of piperidine rings is 1. The van der Waals surface area contributed by atoms with Crippen molar-refractivity contribution in [2.45, 2.75) is 76.9 Å². The SMILES string of the molecule is CCCCc1ccc(C(OC2CCN(CCCCCC(=O)O)CC2)c2ccccc2)cc1.Cl. The van der Waals surface area contributed by atoms with Crippen LogP contribution in [0.4, 0.5) is 0 Å². The molecule has 1 atom stereocenters. The van der Waals surface area contributed by atoms with Crippen LogP contribution < -0.4 is 0 Å². The van der Waals surface area contributed by atoms with E-state index < -0.39 is 5.97 Å². The quantitative estimate of drug-likeness (QED) is 0.330. The van der Waals surface area contributed by atoms with Crippen molar-refractivity contribution in [2.75, 3.05) is 19.6 Å². The Morgan fingerprint density at radius 1 is 0.970 bits per heavy atom. The highest BCUT2D eigenvalue weighted by molar-refractivity contribution is 5.85. The molecule has 0 spiro atoms. The van der Waals surface area contributed by atoms with Crippen LogP contribution >= 0.6 is 12.4 Å². The van der Waals surface area contributed by atoms with Gasteiger partial charge >= 0.3 is 5.97 Å². The number of aliphatic carboxylic acids is 1. The van der Waals surface area contributed by atoms with Crippen LogP contribution in [-0.2, 0) is 16.0 Å². The minimum atomic E-state index is -0.688. The number of carbonyl (C=O) groups is 1. The molecule has 0 bridgehead atoms. The third kappa shape index (κ3) is 9.48. The van der Waals surface area contributed by atoms with Crippen molar-refractivity contribution in [3.05, 3.63) is 71.3 Å². The van der Waals surface area contributed by atoms with Crippen LogP contribution in [0.1, 0.15) is 81.1 Å². The first kappa shape index (κ1) is 27.4. The molecule has 0 aromatic heterocycles. The highest BCUT2D eigenvalue weighted by Crippen LogP contribution is 2.30. The molecule has 2 aromatic rings. The van der Waals surface area contributed by atoms with E-state index in [0.29, 0.717) is 0 Å². The van der Waals surface area contributed by atoms with Gasteiger partial charge in [-0.25, -0.2) is 0 Å². The topological polar surface area (TPSA) is 49.8 Å². The van der Waals surface area contributed by atoms with E-state index in [2.05, 4.69) is 66.4 Å². The van der Waals surface area contributed by atoms with Crippen molar-refractivity contribution in [2.24, 2.45) is 0 Å². The van der Waals surface area contributed by atoms with Crippen molar-refractivity contribution in [1.29, 1.82) is 0 Å². The summed E-state index contributed by atoms with van der Waals surface area (Å²) in [4.78, 5) is 13.1. The van der Waals surface area contributed by atoms with Gasteiger partial charge in [-0.1, -0.05) is 74.4 Å². The van der Waals surface area contributed by atoms with Gasteiger partial charge in [-0.2, -0.15) is 0 Å². The van der Waals surface area contributed by atoms with E-state index in [0.717, 1.165) is 58.2 Å². The summed E-state index contributed by atoms with van der Waals surface area (Å²) in [7, 11) is 0. The molecule has 33 heavy (non-hydrogen) atoms. The number of halogens is 1. The first-order valence-corrected chi connectivity index (χ1v) is 12.4. The van der Waals surface area contributed by atoms with E-state index in [9.17, 15) is 4.79 Å². The van der Waals surface area contributed by atoms with E-state index in [1.165, 1.54) is 29.5 Å². The Kier molecular flexibility index (Phi) is 12.5. The van der Waals surface area contributed by atoms with Crippen molar-refractivity contribution in [1.82, 2.24) is 4.90 Å². The van der Waals surface area contributed by atoms with Crippen molar-refractivity contribution >= 4 is 18.4 Å². The number of nitrogens with zero attached hydrogens (tertiary/aromatic N) is 1. The third-order valence-corrected chi connectivity index (χ3v) is 6.43. The number of benzene rings is 2. The fourth-order valence-electron chi connectivity index (χ4n) is 4.47. The van der Waals surface area contributed by atoms with Crippen LogP contribution in [0.5, 0.6) is 0 Å². The highest BCUT2D eigenvalue weighted by Gasteiger charge is 2.24. The van der Waals surface area contributed by atoms with Gasteiger partial charge in [0.25, 0.3) is 0 Å². The second-order valence-corrected chi connectivity index (χ2v) is 9.02. The summed E-state index contributed by atoms with van der Waals surface area (Å²) >= 11 is 0. The summed E-state index contributed by atoms with van der Waals surface area (Å²) < 4.78 is 6.71. The minimum Gasteiger partial charge on any atom is -0.481 e. The number of ether oxygens (including phenoxy) is 1. The molecule has 1 N–H and O–H groups in total. The molecule has 1 heterocycles. The van der Waals surface area contributed by atoms with E-state index in [1.807, 2.05) is 0 Å². The summed E-state index contributed by atoms with van der Waals surface area (Å²) in [6.45, 7) is 5.41. The Labute approximate surface area is 205 Å². The van der Waals surface area contributed by atoms with Gasteiger partial charge in [-0.05, 0) is 61.8 Å². The zero-order valence-electron chi connectivity index (χ0n) is 20.0. The van der Waals surface area contributed by atoms with Gasteiger partial charge in [0.2, 0.25) is 0 Å². The summed E-state index contributed by atoms with van der Waals surface area (Å²) in [6, 6.07) is 19.6. The van der Waals surface area contributed by atoms with Crippen molar-refractivity contribution in [3.63, 3.8) is 0 Å². The summed E-state index contributed by atoms with van der Waals surface area (Å²) in [6.07, 6.45) is 9.08. The molecule has 182 valence electrons. The maximum atomic E-state index is 10.6. The Bertz CT molecular complexity index is 789. The normalized spacial score (nSPS) is 15.7. The Balaban J connectivity index is 0.00000385. The predicted molar refractivity (Wildman–Crippen MR) is 137 cm³/mol. The number of unbranched alkanes of at least 4 members (excludes halogenated alkanes) is 3. The molecule has 1 aliphatic heterocycles. The third-order valence-electron chi connectivity index (χ3n) is 6.43. The van der Waals surface area contributed by atoms with Gasteiger partial charge in [0.1, 0.15) is 6.10 Å². The maximum absolute atomic E-state index is 10.6. The lowest BCUT2D eigenvalue weighted by atomic mass is 9.98. The van der Waals surface area contributed by atoms with Gasteiger partial charge in [0, 0.05) is 19.5 Å². The molecular weight excluding hydrogens is 434 g/mol. The zero-order valence-corrected chi connectivity index (χ0v) is 20.8. The average molecular weight is 474 g/mol. The van der Waals surface area contributed by atoms with Gasteiger partial charge in [-0.15, -0.1) is 12.4 Å². The minimum absolute atomic E-state index is 0. The molecule has 0 amide bonds. The van der Waals surface area contributed by atoms with E-state index in [-0.39, 0.29) is 31.0 Å². The van der Waals surface area contributed by atoms with Crippen LogP contribution in [0.15, 0.2) is 54.6 Å². The smallest absolute Gasteiger partial charge is 0.303 e. The van der Waals surface area contributed by atoms with Crippen LogP contribution in [0.3, 0.4) is 0 Å². The molecule has 1 aliphatic rings. The van der Waals surface area contributed by atoms with Crippen LogP contribution in [-0.4, -0.2) is 41.7 Å². The lowest BCUT2D eigenvalue weighted by Crippen LogP contribution is -2.38. The lowest BCUT2D eigenvalue weighted by Gasteiger charge is -2.34. The first-order valence-electron chi connectivity index (χ1n) is 12.4. The standard InChI is InChI=1S/C28H39NO3.ClH/c1-2-3-10-23-14-16-25(17-15-23)28(24-11-6-4-7-12-24)32-26-18-21-29(22-19-26)20-9-5-8-13-27(30)31;/h4,6-7,11-12,14-17,26,28H,2-3,5,8-10,13,18-22H2,1H3,(H,30,31);1H. The van der Waals surface area contributed by atoms with Gasteiger partial charge in [0.05, 0.1) is 6.10 Å². The molecule has 1 fully saturated rings. The Morgan fingerprint density at radius 2 is 1.64 bits per heavy atom. The van der Waals surface area contributed by atoms with Crippen LogP contribution in [0.2, 0.25) is 0 Å². The van der Waals surface area contributed by atoms with E-state index >= 15 is 0 Å². The first-order chi connectivity index (χ1) is 15.7. The molecule has 4 nitrogen and oxygen atoms in total. The van der Waals surface area contributed by atoms with Gasteiger partial charge < -0.3 is 14.7 Å². The number of aryl methyl sites for hydroxylation is 1. The number of hydrogen-bond acceptors (Lipinski definition) is 3. The number of likely N-dealkylation sites (tertiary alicyclic amines) is 1. The van der Waals surface area contributed by atoms with Crippen molar-refractivity contribution in [3.8, 4) is 0 Å². The molecular formula is C28H40ClNO3.